The third-order valence-corrected chi connectivity index (χ3v) is 2.22. The van der Waals surface area contributed by atoms with Gasteiger partial charge in [-0.3, -0.25) is 10.1 Å². The molecule has 0 radical (unpaired) electrons. The highest BCUT2D eigenvalue weighted by molar-refractivity contribution is 5.74. The van der Waals surface area contributed by atoms with Crippen molar-refractivity contribution in [3.05, 3.63) is 10.1 Å². The van der Waals surface area contributed by atoms with Crippen molar-refractivity contribution in [2.45, 2.75) is 26.8 Å². The normalized spacial score (nSPS) is 15.2. The highest BCUT2D eigenvalue weighted by Gasteiger charge is 2.38. The molecule has 2 unspecified atom stereocenters. The monoisotopic (exact) mass is 189 g/mol. The van der Waals surface area contributed by atoms with E-state index in [1.165, 1.54) is 0 Å². The Hall–Kier alpha value is -1.13. The summed E-state index contributed by atoms with van der Waals surface area (Å²) < 4.78 is 4.36. The van der Waals surface area contributed by atoms with Crippen molar-refractivity contribution >= 4 is 5.97 Å². The number of rotatable bonds is 4. The SMILES string of the molecule is COC(=O)C(C(C)C(C)C)[N+](=O)[O-]. The van der Waals surface area contributed by atoms with Gasteiger partial charge in [0.25, 0.3) is 0 Å². The maximum Gasteiger partial charge on any atom is 0.381 e. The summed E-state index contributed by atoms with van der Waals surface area (Å²) in [5, 5.41) is 10.6. The van der Waals surface area contributed by atoms with Gasteiger partial charge in [0.15, 0.2) is 0 Å². The Morgan fingerprint density at radius 2 is 1.85 bits per heavy atom. The topological polar surface area (TPSA) is 69.4 Å². The minimum Gasteiger partial charge on any atom is -0.464 e. The predicted molar refractivity (Wildman–Crippen MR) is 46.8 cm³/mol. The lowest BCUT2D eigenvalue weighted by molar-refractivity contribution is -0.520. The molecule has 0 fully saturated rings. The molecule has 0 N–H and O–H groups in total. The minimum atomic E-state index is -1.25. The molecular formula is C8H15NO4. The van der Waals surface area contributed by atoms with Crippen molar-refractivity contribution in [2.24, 2.45) is 11.8 Å². The Bertz CT molecular complexity index is 202. The zero-order valence-electron chi connectivity index (χ0n) is 8.31. The molecule has 0 spiro atoms. The van der Waals surface area contributed by atoms with Gasteiger partial charge < -0.3 is 4.74 Å². The molecule has 0 aromatic rings. The van der Waals surface area contributed by atoms with E-state index < -0.39 is 16.9 Å². The maximum atomic E-state index is 11.0. The molecule has 13 heavy (non-hydrogen) atoms. The standard InChI is InChI=1S/C8H15NO4/c1-5(2)6(3)7(9(11)12)8(10)13-4/h5-7H,1-4H3. The van der Waals surface area contributed by atoms with Crippen LogP contribution >= 0.6 is 0 Å². The fraction of sp³-hybridized carbons (Fsp3) is 0.875. The van der Waals surface area contributed by atoms with Crippen LogP contribution in [0.3, 0.4) is 0 Å². The molecule has 2 atom stereocenters. The lowest BCUT2D eigenvalue weighted by Gasteiger charge is -2.17. The highest BCUT2D eigenvalue weighted by atomic mass is 16.6. The number of nitrogens with zero attached hydrogens (tertiary/aromatic N) is 1. The molecule has 0 rings (SSSR count). The molecule has 0 saturated carbocycles. The van der Waals surface area contributed by atoms with E-state index in [0.717, 1.165) is 7.11 Å². The van der Waals surface area contributed by atoms with Crippen LogP contribution in [-0.4, -0.2) is 24.0 Å². The smallest absolute Gasteiger partial charge is 0.381 e. The number of ether oxygens (including phenoxy) is 1. The van der Waals surface area contributed by atoms with Crippen molar-refractivity contribution in [3.8, 4) is 0 Å². The molecule has 0 aromatic heterocycles. The molecule has 76 valence electrons. The first kappa shape index (κ1) is 11.9. The summed E-state index contributed by atoms with van der Waals surface area (Å²) in [6.07, 6.45) is 0. The van der Waals surface area contributed by atoms with Crippen LogP contribution in [0.25, 0.3) is 0 Å². The number of esters is 1. The Morgan fingerprint density at radius 3 is 2.08 bits per heavy atom. The zero-order chi connectivity index (χ0) is 10.6. The second-order valence-corrected chi connectivity index (χ2v) is 3.36. The molecule has 0 aliphatic carbocycles. The maximum absolute atomic E-state index is 11.0. The number of carbonyl (C=O) groups excluding carboxylic acids is 1. The number of nitro groups is 1. The van der Waals surface area contributed by atoms with Crippen molar-refractivity contribution < 1.29 is 14.5 Å². The van der Waals surface area contributed by atoms with Crippen LogP contribution in [0.15, 0.2) is 0 Å². The lowest BCUT2D eigenvalue weighted by atomic mass is 9.91. The van der Waals surface area contributed by atoms with Crippen LogP contribution in [0.2, 0.25) is 0 Å². The second kappa shape index (κ2) is 4.79. The fourth-order valence-electron chi connectivity index (χ4n) is 0.978. The highest BCUT2D eigenvalue weighted by Crippen LogP contribution is 2.17. The van der Waals surface area contributed by atoms with Gasteiger partial charge in [0, 0.05) is 10.8 Å². The average Bonchev–Trinajstić information content (AvgIpc) is 2.03. The van der Waals surface area contributed by atoms with Gasteiger partial charge in [0.2, 0.25) is 0 Å². The summed E-state index contributed by atoms with van der Waals surface area (Å²) in [6, 6.07) is -1.25. The summed E-state index contributed by atoms with van der Waals surface area (Å²) in [4.78, 5) is 21.0. The number of methoxy groups -OCH3 is 1. The zero-order valence-corrected chi connectivity index (χ0v) is 8.31. The van der Waals surface area contributed by atoms with Crippen LogP contribution in [0.1, 0.15) is 20.8 Å². The van der Waals surface area contributed by atoms with E-state index in [1.54, 1.807) is 6.92 Å². The molecular weight excluding hydrogens is 174 g/mol. The Kier molecular flexibility index (Phi) is 4.37. The summed E-state index contributed by atoms with van der Waals surface area (Å²) in [6.45, 7) is 5.35. The summed E-state index contributed by atoms with van der Waals surface area (Å²) >= 11 is 0. The molecule has 0 aliphatic rings. The number of carbonyl (C=O) groups is 1. The van der Waals surface area contributed by atoms with Gasteiger partial charge >= 0.3 is 12.0 Å². The minimum absolute atomic E-state index is 0.0782. The quantitative estimate of drug-likeness (QED) is 0.377. The average molecular weight is 189 g/mol. The Labute approximate surface area is 77.2 Å². The first-order valence-corrected chi connectivity index (χ1v) is 4.13. The van der Waals surface area contributed by atoms with E-state index in [4.69, 9.17) is 0 Å². The van der Waals surface area contributed by atoms with Crippen LogP contribution in [0.5, 0.6) is 0 Å². The van der Waals surface area contributed by atoms with Gasteiger partial charge in [-0.1, -0.05) is 20.8 Å². The first-order valence-electron chi connectivity index (χ1n) is 4.13. The Balaban J connectivity index is 4.61. The van der Waals surface area contributed by atoms with E-state index in [-0.39, 0.29) is 11.8 Å². The van der Waals surface area contributed by atoms with Gasteiger partial charge in [-0.2, -0.15) is 0 Å². The van der Waals surface area contributed by atoms with E-state index in [1.807, 2.05) is 13.8 Å². The van der Waals surface area contributed by atoms with E-state index in [2.05, 4.69) is 4.74 Å². The third-order valence-electron chi connectivity index (χ3n) is 2.22. The summed E-state index contributed by atoms with van der Waals surface area (Å²) in [5.74, 6) is -1.01. The van der Waals surface area contributed by atoms with Crippen LogP contribution in [0.4, 0.5) is 0 Å². The van der Waals surface area contributed by atoms with Crippen molar-refractivity contribution in [3.63, 3.8) is 0 Å². The van der Waals surface area contributed by atoms with Gasteiger partial charge in [0.1, 0.15) is 0 Å². The van der Waals surface area contributed by atoms with Crippen molar-refractivity contribution in [1.29, 1.82) is 0 Å². The van der Waals surface area contributed by atoms with Crippen LogP contribution in [0, 0.1) is 22.0 Å². The van der Waals surface area contributed by atoms with Gasteiger partial charge in [-0.25, -0.2) is 4.79 Å². The summed E-state index contributed by atoms with van der Waals surface area (Å²) in [7, 11) is 1.16. The number of hydrogen-bond acceptors (Lipinski definition) is 4. The molecule has 0 amide bonds. The molecule has 0 bridgehead atoms. The summed E-state index contributed by atoms with van der Waals surface area (Å²) in [5.41, 5.74) is 0. The van der Waals surface area contributed by atoms with Crippen molar-refractivity contribution in [1.82, 2.24) is 0 Å². The molecule has 0 aliphatic heterocycles. The largest absolute Gasteiger partial charge is 0.464 e. The second-order valence-electron chi connectivity index (χ2n) is 3.36. The van der Waals surface area contributed by atoms with E-state index in [9.17, 15) is 14.9 Å². The van der Waals surface area contributed by atoms with Crippen molar-refractivity contribution in [2.75, 3.05) is 7.11 Å². The fourth-order valence-corrected chi connectivity index (χ4v) is 0.978. The van der Waals surface area contributed by atoms with Gasteiger partial charge in [-0.15, -0.1) is 0 Å². The molecule has 5 nitrogen and oxygen atoms in total. The van der Waals surface area contributed by atoms with Crippen LogP contribution < -0.4 is 0 Å². The third kappa shape index (κ3) is 3.01. The Morgan fingerprint density at radius 1 is 1.38 bits per heavy atom. The lowest BCUT2D eigenvalue weighted by Crippen LogP contribution is -2.38. The first-order chi connectivity index (χ1) is 5.91. The predicted octanol–water partition coefficient (Wildman–Crippen LogP) is 1.10. The van der Waals surface area contributed by atoms with Gasteiger partial charge in [0.05, 0.1) is 7.11 Å². The van der Waals surface area contributed by atoms with Gasteiger partial charge in [-0.05, 0) is 5.92 Å². The number of hydrogen-bond donors (Lipinski definition) is 0. The molecule has 0 aromatic carbocycles. The molecule has 0 saturated heterocycles. The van der Waals surface area contributed by atoms with E-state index >= 15 is 0 Å². The molecule has 0 heterocycles. The van der Waals surface area contributed by atoms with Crippen LogP contribution in [-0.2, 0) is 9.53 Å². The molecule has 5 heteroatoms. The van der Waals surface area contributed by atoms with E-state index in [0.29, 0.717) is 0 Å².